The third-order valence-electron chi connectivity index (χ3n) is 6.18. The first-order chi connectivity index (χ1) is 15.8. The molecule has 32 heavy (non-hydrogen) atoms. The van der Waals surface area contributed by atoms with E-state index in [0.717, 1.165) is 32.7 Å². The third kappa shape index (κ3) is 6.75. The second kappa shape index (κ2) is 11.9. The fourth-order valence-electron chi connectivity index (χ4n) is 4.40. The highest BCUT2D eigenvalue weighted by atomic mass is 16.5. The molecule has 0 aromatic heterocycles. The highest BCUT2D eigenvalue weighted by molar-refractivity contribution is 5.32. The molecule has 0 saturated carbocycles. The van der Waals surface area contributed by atoms with Crippen LogP contribution in [0, 0.1) is 0 Å². The highest BCUT2D eigenvalue weighted by Crippen LogP contribution is 2.24. The van der Waals surface area contributed by atoms with Crippen LogP contribution < -0.4 is 0 Å². The van der Waals surface area contributed by atoms with Crippen LogP contribution in [0.15, 0.2) is 91.0 Å². The van der Waals surface area contributed by atoms with Crippen LogP contribution in [0.5, 0.6) is 0 Å². The first-order valence-corrected chi connectivity index (χ1v) is 11.6. The van der Waals surface area contributed by atoms with Crippen molar-refractivity contribution in [2.75, 3.05) is 45.9 Å². The largest absolute Gasteiger partial charge is 0.389 e. The molecule has 1 aliphatic heterocycles. The summed E-state index contributed by atoms with van der Waals surface area (Å²) in [6, 6.07) is 31.6. The molecular formula is C28H34N2O2. The van der Waals surface area contributed by atoms with Crippen molar-refractivity contribution in [3.63, 3.8) is 0 Å². The first kappa shape index (κ1) is 22.7. The van der Waals surface area contributed by atoms with E-state index in [9.17, 15) is 5.11 Å². The van der Waals surface area contributed by atoms with Gasteiger partial charge in [0, 0.05) is 45.2 Å². The molecule has 1 heterocycles. The summed E-state index contributed by atoms with van der Waals surface area (Å²) < 4.78 is 6.02. The molecule has 1 atom stereocenters. The molecule has 4 nitrogen and oxygen atoms in total. The van der Waals surface area contributed by atoms with E-state index in [0.29, 0.717) is 19.8 Å². The first-order valence-electron chi connectivity index (χ1n) is 11.6. The summed E-state index contributed by atoms with van der Waals surface area (Å²) in [4.78, 5) is 4.83. The molecule has 0 bridgehead atoms. The number of hydrogen-bond acceptors (Lipinski definition) is 4. The van der Waals surface area contributed by atoms with Crippen molar-refractivity contribution in [3.05, 3.63) is 108 Å². The number of hydrogen-bond donors (Lipinski definition) is 1. The van der Waals surface area contributed by atoms with Crippen molar-refractivity contribution >= 4 is 0 Å². The Bertz CT molecular complexity index is 857. The van der Waals surface area contributed by atoms with E-state index in [1.165, 1.54) is 16.7 Å². The molecule has 0 radical (unpaired) electrons. The average molecular weight is 431 g/mol. The van der Waals surface area contributed by atoms with Crippen LogP contribution in [0.3, 0.4) is 0 Å². The Balaban J connectivity index is 1.21. The quantitative estimate of drug-likeness (QED) is 0.527. The van der Waals surface area contributed by atoms with Gasteiger partial charge in [-0.05, 0) is 16.7 Å². The minimum absolute atomic E-state index is 0.172. The molecule has 3 aromatic carbocycles. The summed E-state index contributed by atoms with van der Waals surface area (Å²) in [7, 11) is 0. The van der Waals surface area contributed by atoms with E-state index in [-0.39, 0.29) is 5.92 Å². The number of piperazine rings is 1. The van der Waals surface area contributed by atoms with Gasteiger partial charge in [-0.15, -0.1) is 0 Å². The summed E-state index contributed by atoms with van der Waals surface area (Å²) in [5.41, 5.74) is 3.84. The van der Waals surface area contributed by atoms with Gasteiger partial charge in [-0.3, -0.25) is 9.80 Å². The maximum atomic E-state index is 10.6. The van der Waals surface area contributed by atoms with Gasteiger partial charge in [0.15, 0.2) is 0 Å². The van der Waals surface area contributed by atoms with Crippen LogP contribution in [0.4, 0.5) is 0 Å². The Labute approximate surface area is 192 Å². The lowest BCUT2D eigenvalue weighted by molar-refractivity contribution is 0.00470. The number of rotatable bonds is 10. The number of ether oxygens (including phenoxy) is 1. The van der Waals surface area contributed by atoms with Gasteiger partial charge in [0.25, 0.3) is 0 Å². The molecule has 0 spiro atoms. The Hall–Kier alpha value is -2.50. The predicted molar refractivity (Wildman–Crippen MR) is 130 cm³/mol. The topological polar surface area (TPSA) is 35.9 Å². The molecule has 1 fully saturated rings. The third-order valence-corrected chi connectivity index (χ3v) is 6.18. The SMILES string of the molecule is OC(COCC(c1ccccc1)c1ccccc1)CN1CCN(Cc2ccccc2)CC1. The average Bonchev–Trinajstić information content (AvgIpc) is 2.85. The molecule has 168 valence electrons. The van der Waals surface area contributed by atoms with E-state index >= 15 is 0 Å². The van der Waals surface area contributed by atoms with E-state index in [4.69, 9.17) is 4.74 Å². The van der Waals surface area contributed by atoms with Crippen LogP contribution in [-0.2, 0) is 11.3 Å². The molecule has 0 aliphatic carbocycles. The molecule has 4 rings (SSSR count). The smallest absolute Gasteiger partial charge is 0.0900 e. The van der Waals surface area contributed by atoms with Gasteiger partial charge < -0.3 is 9.84 Å². The standard InChI is InChI=1S/C28H34N2O2/c31-27(21-30-18-16-29(17-19-30)20-24-10-4-1-5-11-24)22-32-23-28(25-12-6-2-7-13-25)26-14-8-3-9-15-26/h1-15,27-28,31H,16-23H2. The van der Waals surface area contributed by atoms with Crippen molar-refractivity contribution in [2.24, 2.45) is 0 Å². The van der Waals surface area contributed by atoms with Gasteiger partial charge in [-0.2, -0.15) is 0 Å². The summed E-state index contributed by atoms with van der Waals surface area (Å²) in [5, 5.41) is 10.6. The zero-order valence-electron chi connectivity index (χ0n) is 18.7. The highest BCUT2D eigenvalue weighted by Gasteiger charge is 2.20. The molecular weight excluding hydrogens is 396 g/mol. The number of nitrogens with zero attached hydrogens (tertiary/aromatic N) is 2. The Morgan fingerprint density at radius 2 is 1.16 bits per heavy atom. The zero-order chi connectivity index (χ0) is 22.0. The summed E-state index contributed by atoms with van der Waals surface area (Å²) in [6.45, 7) is 6.64. The zero-order valence-corrected chi connectivity index (χ0v) is 18.7. The van der Waals surface area contributed by atoms with Gasteiger partial charge in [0.1, 0.15) is 0 Å². The molecule has 1 aliphatic rings. The maximum Gasteiger partial charge on any atom is 0.0900 e. The number of aliphatic hydroxyl groups is 1. The van der Waals surface area contributed by atoms with Crippen LogP contribution in [0.25, 0.3) is 0 Å². The van der Waals surface area contributed by atoms with Gasteiger partial charge in [0.2, 0.25) is 0 Å². The number of aliphatic hydroxyl groups excluding tert-OH is 1. The van der Waals surface area contributed by atoms with Crippen LogP contribution in [0.2, 0.25) is 0 Å². The summed E-state index contributed by atoms with van der Waals surface area (Å²) in [6.07, 6.45) is -0.470. The van der Waals surface area contributed by atoms with Crippen molar-refractivity contribution in [1.82, 2.24) is 9.80 Å². The second-order valence-electron chi connectivity index (χ2n) is 8.63. The fraction of sp³-hybridized carbons (Fsp3) is 0.357. The lowest BCUT2D eigenvalue weighted by Gasteiger charge is -2.35. The Morgan fingerprint density at radius 3 is 1.72 bits per heavy atom. The number of β-amino-alcohol motifs (C(OH)–C–C–N with tert-alkyl or cyclic N) is 1. The minimum atomic E-state index is -0.470. The van der Waals surface area contributed by atoms with Gasteiger partial charge in [-0.25, -0.2) is 0 Å². The van der Waals surface area contributed by atoms with Gasteiger partial charge in [-0.1, -0.05) is 91.0 Å². The van der Waals surface area contributed by atoms with Crippen molar-refractivity contribution < 1.29 is 9.84 Å². The van der Waals surface area contributed by atoms with Crippen molar-refractivity contribution in [1.29, 1.82) is 0 Å². The molecule has 1 saturated heterocycles. The molecule has 4 heteroatoms. The maximum absolute atomic E-state index is 10.6. The molecule has 1 N–H and O–H groups in total. The van der Waals surface area contributed by atoms with Crippen LogP contribution in [0.1, 0.15) is 22.6 Å². The van der Waals surface area contributed by atoms with Crippen LogP contribution >= 0.6 is 0 Å². The van der Waals surface area contributed by atoms with E-state index in [1.54, 1.807) is 0 Å². The van der Waals surface area contributed by atoms with Crippen molar-refractivity contribution in [2.45, 2.75) is 18.6 Å². The van der Waals surface area contributed by atoms with E-state index < -0.39 is 6.10 Å². The lowest BCUT2D eigenvalue weighted by atomic mass is 9.92. The summed E-state index contributed by atoms with van der Waals surface area (Å²) in [5.74, 6) is 0.172. The molecule has 1 unspecified atom stereocenters. The van der Waals surface area contributed by atoms with E-state index in [1.807, 2.05) is 12.1 Å². The normalized spacial score (nSPS) is 16.3. The lowest BCUT2D eigenvalue weighted by Crippen LogP contribution is -2.48. The minimum Gasteiger partial charge on any atom is -0.389 e. The van der Waals surface area contributed by atoms with Crippen LogP contribution in [-0.4, -0.2) is 66.9 Å². The predicted octanol–water partition coefficient (Wildman–Crippen LogP) is 4.01. The van der Waals surface area contributed by atoms with Gasteiger partial charge in [0.05, 0.1) is 19.3 Å². The molecule has 3 aromatic rings. The van der Waals surface area contributed by atoms with Crippen molar-refractivity contribution in [3.8, 4) is 0 Å². The molecule has 0 amide bonds. The fourth-order valence-corrected chi connectivity index (χ4v) is 4.40. The summed E-state index contributed by atoms with van der Waals surface area (Å²) >= 11 is 0. The monoisotopic (exact) mass is 430 g/mol. The Kier molecular flexibility index (Phi) is 8.46. The van der Waals surface area contributed by atoms with E-state index in [2.05, 4.69) is 88.7 Å². The number of benzene rings is 3. The van der Waals surface area contributed by atoms with Gasteiger partial charge >= 0.3 is 0 Å². The Morgan fingerprint density at radius 1 is 0.656 bits per heavy atom. The second-order valence-corrected chi connectivity index (χ2v) is 8.63.